The van der Waals surface area contributed by atoms with Crippen LogP contribution in [0.3, 0.4) is 0 Å². The van der Waals surface area contributed by atoms with Gasteiger partial charge in [0, 0.05) is 17.3 Å². The molecule has 0 radical (unpaired) electrons. The van der Waals surface area contributed by atoms with Crippen LogP contribution < -0.4 is 0 Å². The number of hydrogen-bond acceptors (Lipinski definition) is 5. The smallest absolute Gasteiger partial charge is 0.355 e. The Morgan fingerprint density at radius 3 is 2.64 bits per heavy atom. The largest absolute Gasteiger partial charge is 0.466 e. The van der Waals surface area contributed by atoms with Crippen molar-refractivity contribution < 1.29 is 19.1 Å². The van der Waals surface area contributed by atoms with E-state index in [1.54, 1.807) is 13.8 Å². The van der Waals surface area contributed by atoms with E-state index in [9.17, 15) is 9.59 Å². The number of benzene rings is 1. The number of aromatic amines is 1. The highest BCUT2D eigenvalue weighted by Gasteiger charge is 2.19. The Bertz CT molecular complexity index is 802. The van der Waals surface area contributed by atoms with Crippen LogP contribution in [0.5, 0.6) is 0 Å². The second-order valence-electron chi connectivity index (χ2n) is 5.57. The topological polar surface area (TPSA) is 92.2 Å². The fourth-order valence-electron chi connectivity index (χ4n) is 2.78. The number of aryl methyl sites for hydroxylation is 1. The lowest BCUT2D eigenvalue weighted by Crippen LogP contribution is -2.09. The number of H-pyrrole nitrogens is 1. The molecule has 0 aliphatic heterocycles. The van der Waals surface area contributed by atoms with Crippen molar-refractivity contribution in [2.45, 2.75) is 39.5 Å². The first kappa shape index (κ1) is 18.5. The fraction of sp³-hybridized carbons (Fsp3) is 0.421. The average molecular weight is 342 g/mol. The lowest BCUT2D eigenvalue weighted by Gasteiger charge is -2.05. The van der Waals surface area contributed by atoms with Crippen molar-refractivity contribution in [3.05, 3.63) is 35.0 Å². The number of carbonyl (C=O) groups is 2. The summed E-state index contributed by atoms with van der Waals surface area (Å²) in [6, 6.07) is 7.76. The van der Waals surface area contributed by atoms with Gasteiger partial charge in [-0.2, -0.15) is 5.26 Å². The summed E-state index contributed by atoms with van der Waals surface area (Å²) in [6.07, 6.45) is 1.71. The molecule has 1 aromatic carbocycles. The quantitative estimate of drug-likeness (QED) is 0.743. The molecule has 0 saturated carbocycles. The monoisotopic (exact) mass is 342 g/mol. The summed E-state index contributed by atoms with van der Waals surface area (Å²) in [7, 11) is 0. The molecule has 1 heterocycles. The van der Waals surface area contributed by atoms with E-state index in [4.69, 9.17) is 14.7 Å². The highest BCUT2D eigenvalue weighted by molar-refractivity contribution is 5.98. The Morgan fingerprint density at radius 2 is 1.96 bits per heavy atom. The van der Waals surface area contributed by atoms with Gasteiger partial charge in [0.25, 0.3) is 0 Å². The Balaban J connectivity index is 2.32. The molecule has 0 spiro atoms. The Kier molecular flexibility index (Phi) is 6.58. The van der Waals surface area contributed by atoms with Gasteiger partial charge in [0.2, 0.25) is 0 Å². The van der Waals surface area contributed by atoms with Crippen molar-refractivity contribution in [1.82, 2.24) is 4.98 Å². The van der Waals surface area contributed by atoms with Crippen LogP contribution in [-0.4, -0.2) is 30.1 Å². The summed E-state index contributed by atoms with van der Waals surface area (Å²) in [4.78, 5) is 26.9. The summed E-state index contributed by atoms with van der Waals surface area (Å²) in [6.45, 7) is 4.17. The van der Waals surface area contributed by atoms with Gasteiger partial charge >= 0.3 is 11.9 Å². The van der Waals surface area contributed by atoms with Gasteiger partial charge in [-0.1, -0.05) is 6.07 Å². The average Bonchev–Trinajstić information content (AvgIpc) is 2.94. The maximum Gasteiger partial charge on any atom is 0.355 e. The lowest BCUT2D eigenvalue weighted by molar-refractivity contribution is -0.143. The second kappa shape index (κ2) is 8.88. The van der Waals surface area contributed by atoms with Gasteiger partial charge in [0.1, 0.15) is 5.69 Å². The summed E-state index contributed by atoms with van der Waals surface area (Å²) in [5, 5.41) is 9.78. The molecule has 1 N–H and O–H groups in total. The van der Waals surface area contributed by atoms with Gasteiger partial charge < -0.3 is 14.5 Å². The first-order valence-corrected chi connectivity index (χ1v) is 8.43. The zero-order valence-electron chi connectivity index (χ0n) is 14.6. The zero-order chi connectivity index (χ0) is 18.2. The Hall–Kier alpha value is -2.81. The van der Waals surface area contributed by atoms with E-state index in [0.29, 0.717) is 38.0 Å². The predicted molar refractivity (Wildman–Crippen MR) is 93.1 cm³/mol. The van der Waals surface area contributed by atoms with Gasteiger partial charge in [0.15, 0.2) is 0 Å². The van der Waals surface area contributed by atoms with Gasteiger partial charge in [-0.05, 0) is 49.9 Å². The van der Waals surface area contributed by atoms with Crippen LogP contribution in [0.4, 0.5) is 0 Å². The first-order valence-electron chi connectivity index (χ1n) is 8.43. The van der Waals surface area contributed by atoms with Crippen LogP contribution in [-0.2, 0) is 27.1 Å². The van der Waals surface area contributed by atoms with E-state index in [0.717, 1.165) is 22.0 Å². The van der Waals surface area contributed by atoms with E-state index in [1.807, 2.05) is 18.2 Å². The summed E-state index contributed by atoms with van der Waals surface area (Å²) < 4.78 is 10.1. The van der Waals surface area contributed by atoms with Crippen LogP contribution in [0.25, 0.3) is 10.9 Å². The number of nitrogens with zero attached hydrogens (tertiary/aromatic N) is 1. The highest BCUT2D eigenvalue weighted by atomic mass is 16.5. The molecule has 2 rings (SSSR count). The number of rotatable bonds is 8. The Morgan fingerprint density at radius 1 is 1.20 bits per heavy atom. The molecule has 25 heavy (non-hydrogen) atoms. The number of carbonyl (C=O) groups excluding carboxylic acids is 2. The third-order valence-electron chi connectivity index (χ3n) is 3.85. The maximum atomic E-state index is 12.2. The van der Waals surface area contributed by atoms with Crippen LogP contribution in [0.15, 0.2) is 18.2 Å². The van der Waals surface area contributed by atoms with Crippen molar-refractivity contribution in [2.75, 3.05) is 13.2 Å². The number of fused-ring (bicyclic) bond motifs is 1. The molecule has 0 atom stereocenters. The van der Waals surface area contributed by atoms with Crippen molar-refractivity contribution >= 4 is 22.8 Å². The third kappa shape index (κ3) is 4.60. The van der Waals surface area contributed by atoms with E-state index >= 15 is 0 Å². The summed E-state index contributed by atoms with van der Waals surface area (Å²) in [5.74, 6) is -0.656. The predicted octanol–water partition coefficient (Wildman–Crippen LogP) is 3.30. The van der Waals surface area contributed by atoms with Crippen LogP contribution in [0, 0.1) is 11.3 Å². The first-order chi connectivity index (χ1) is 12.1. The van der Waals surface area contributed by atoms with Gasteiger partial charge in [-0.25, -0.2) is 4.79 Å². The number of hydrogen-bond donors (Lipinski definition) is 1. The number of aromatic nitrogens is 1. The van der Waals surface area contributed by atoms with E-state index in [1.165, 1.54) is 0 Å². The molecule has 0 amide bonds. The molecule has 0 saturated heterocycles. The van der Waals surface area contributed by atoms with Crippen molar-refractivity contribution in [3.63, 3.8) is 0 Å². The normalized spacial score (nSPS) is 10.4. The molecular formula is C19H22N2O4. The molecule has 0 aliphatic rings. The molecule has 6 nitrogen and oxygen atoms in total. The van der Waals surface area contributed by atoms with Gasteiger partial charge in [0.05, 0.1) is 25.7 Å². The highest BCUT2D eigenvalue weighted by Crippen LogP contribution is 2.26. The SMILES string of the molecule is CCOC(=O)CCCc1c(C(=O)OCC)[nH]c2ccc(CC#N)cc12. The minimum atomic E-state index is -0.410. The van der Waals surface area contributed by atoms with Crippen molar-refractivity contribution in [3.8, 4) is 6.07 Å². The molecule has 2 aromatic rings. The third-order valence-corrected chi connectivity index (χ3v) is 3.85. The van der Waals surface area contributed by atoms with Gasteiger partial charge in [-0.15, -0.1) is 0 Å². The second-order valence-corrected chi connectivity index (χ2v) is 5.57. The van der Waals surface area contributed by atoms with Crippen LogP contribution in [0.1, 0.15) is 48.3 Å². The minimum absolute atomic E-state index is 0.245. The molecule has 0 fully saturated rings. The fourth-order valence-corrected chi connectivity index (χ4v) is 2.78. The molecular weight excluding hydrogens is 320 g/mol. The number of esters is 2. The van der Waals surface area contributed by atoms with E-state index < -0.39 is 5.97 Å². The molecule has 1 aromatic heterocycles. The maximum absolute atomic E-state index is 12.2. The van der Waals surface area contributed by atoms with Gasteiger partial charge in [-0.3, -0.25) is 4.79 Å². The molecule has 0 unspecified atom stereocenters. The molecule has 6 heteroatoms. The van der Waals surface area contributed by atoms with E-state index in [2.05, 4.69) is 11.1 Å². The number of ether oxygens (including phenoxy) is 2. The van der Waals surface area contributed by atoms with Crippen LogP contribution in [0.2, 0.25) is 0 Å². The van der Waals surface area contributed by atoms with E-state index in [-0.39, 0.29) is 12.6 Å². The van der Waals surface area contributed by atoms with Crippen LogP contribution >= 0.6 is 0 Å². The minimum Gasteiger partial charge on any atom is -0.466 e. The number of nitriles is 1. The summed E-state index contributed by atoms with van der Waals surface area (Å²) >= 11 is 0. The lowest BCUT2D eigenvalue weighted by atomic mass is 10.0. The standard InChI is InChI=1S/C19H22N2O4/c1-3-24-17(22)7-5-6-14-15-12-13(10-11-20)8-9-16(15)21-18(14)19(23)25-4-2/h8-9,12,21H,3-7,10H2,1-2H3. The zero-order valence-corrected chi connectivity index (χ0v) is 14.6. The molecule has 0 aliphatic carbocycles. The summed E-state index contributed by atoms with van der Waals surface area (Å²) in [5.41, 5.74) is 2.93. The molecule has 0 bridgehead atoms. The molecule has 132 valence electrons. The van der Waals surface area contributed by atoms with Crippen molar-refractivity contribution in [2.24, 2.45) is 0 Å². The number of nitrogens with one attached hydrogen (secondary N) is 1. The Labute approximate surface area is 146 Å². The van der Waals surface area contributed by atoms with Crippen molar-refractivity contribution in [1.29, 1.82) is 5.26 Å².